The summed E-state index contributed by atoms with van der Waals surface area (Å²) >= 11 is 0. The molecule has 0 spiro atoms. The number of hydrogen-bond acceptors (Lipinski definition) is 9. The molecule has 2 aromatic heterocycles. The van der Waals surface area contributed by atoms with Crippen LogP contribution in [-0.2, 0) is 27.4 Å². The largest absolute Gasteiger partial charge is 0.461 e. The number of aryl methyl sites for hydroxylation is 1. The van der Waals surface area contributed by atoms with Crippen LogP contribution < -0.4 is 16.5 Å². The Balaban J connectivity index is 1.43. The van der Waals surface area contributed by atoms with Gasteiger partial charge in [0.05, 0.1) is 25.0 Å². The summed E-state index contributed by atoms with van der Waals surface area (Å²) in [7, 11) is 0. The molecule has 2 aromatic carbocycles. The molecule has 4 aromatic rings. The van der Waals surface area contributed by atoms with Crippen LogP contribution in [0.4, 0.5) is 10.5 Å². The number of carbonyl (C=O) groups is 2. The molecule has 0 aliphatic rings. The molecule has 0 fully saturated rings. The first-order chi connectivity index (χ1) is 16.4. The normalized spacial score (nSPS) is 10.9. The molecule has 0 saturated heterocycles. The van der Waals surface area contributed by atoms with Crippen LogP contribution in [-0.4, -0.2) is 33.7 Å². The SMILES string of the molecule is CCOC(=O)Nc1ccc2c(COC(=O)CCn3nnc4ccccc4c3=O)cc(=O)oc2c1. The smallest absolute Gasteiger partial charge is 0.411 e. The van der Waals surface area contributed by atoms with Crippen LogP contribution in [0.15, 0.2) is 62.5 Å². The Morgan fingerprint density at radius 2 is 1.88 bits per heavy atom. The number of rotatable bonds is 7. The molecule has 11 nitrogen and oxygen atoms in total. The van der Waals surface area contributed by atoms with Crippen LogP contribution in [0.2, 0.25) is 0 Å². The van der Waals surface area contributed by atoms with Gasteiger partial charge in [0.1, 0.15) is 17.7 Å². The molecule has 0 aliphatic heterocycles. The topological polar surface area (TPSA) is 143 Å². The molecule has 2 heterocycles. The van der Waals surface area contributed by atoms with E-state index in [-0.39, 0.29) is 37.3 Å². The minimum Gasteiger partial charge on any atom is -0.461 e. The number of fused-ring (bicyclic) bond motifs is 2. The highest BCUT2D eigenvalue weighted by Crippen LogP contribution is 2.22. The van der Waals surface area contributed by atoms with Crippen LogP contribution in [0, 0.1) is 0 Å². The predicted octanol–water partition coefficient (Wildman–Crippen LogP) is 2.60. The second kappa shape index (κ2) is 9.94. The van der Waals surface area contributed by atoms with Crippen molar-refractivity contribution < 1.29 is 23.5 Å². The van der Waals surface area contributed by atoms with Crippen molar-refractivity contribution in [2.24, 2.45) is 0 Å². The molecule has 0 radical (unpaired) electrons. The Hall–Kier alpha value is -4.54. The van der Waals surface area contributed by atoms with Gasteiger partial charge in [0.2, 0.25) is 0 Å². The fraction of sp³-hybridized carbons (Fsp3) is 0.217. The first-order valence-electron chi connectivity index (χ1n) is 10.4. The third kappa shape index (κ3) is 5.09. The molecule has 0 bridgehead atoms. The highest BCUT2D eigenvalue weighted by molar-refractivity contribution is 5.90. The molecular weight excluding hydrogens is 444 g/mol. The first kappa shape index (κ1) is 22.6. The minimum absolute atomic E-state index is 0.00390. The van der Waals surface area contributed by atoms with Crippen LogP contribution in [0.5, 0.6) is 0 Å². The highest BCUT2D eigenvalue weighted by Gasteiger charge is 2.12. The number of ether oxygens (including phenoxy) is 2. The van der Waals surface area contributed by atoms with Crippen LogP contribution in [0.3, 0.4) is 0 Å². The zero-order chi connectivity index (χ0) is 24.1. The second-order valence-electron chi connectivity index (χ2n) is 7.19. The maximum atomic E-state index is 12.5. The van der Waals surface area contributed by atoms with Gasteiger partial charge in [-0.2, -0.15) is 0 Å². The molecule has 0 atom stereocenters. The van der Waals surface area contributed by atoms with Gasteiger partial charge in [0, 0.05) is 28.8 Å². The van der Waals surface area contributed by atoms with Crippen LogP contribution >= 0.6 is 0 Å². The molecule has 11 heteroatoms. The molecule has 1 amide bonds. The summed E-state index contributed by atoms with van der Waals surface area (Å²) in [4.78, 5) is 48.3. The number of hydrogen-bond donors (Lipinski definition) is 1. The Morgan fingerprint density at radius 3 is 2.71 bits per heavy atom. The van der Waals surface area contributed by atoms with Gasteiger partial charge in [0.25, 0.3) is 5.56 Å². The zero-order valence-electron chi connectivity index (χ0n) is 18.1. The van der Waals surface area contributed by atoms with Gasteiger partial charge in [-0.1, -0.05) is 17.3 Å². The van der Waals surface area contributed by atoms with Crippen LogP contribution in [0.1, 0.15) is 18.9 Å². The van der Waals surface area contributed by atoms with E-state index < -0.39 is 17.7 Å². The fourth-order valence-electron chi connectivity index (χ4n) is 3.31. The molecule has 34 heavy (non-hydrogen) atoms. The average Bonchev–Trinajstić information content (AvgIpc) is 2.82. The Kier molecular flexibility index (Phi) is 6.62. The lowest BCUT2D eigenvalue weighted by Gasteiger charge is -2.09. The molecule has 4 rings (SSSR count). The molecule has 0 unspecified atom stereocenters. The molecule has 0 saturated carbocycles. The number of aromatic nitrogens is 3. The van der Waals surface area contributed by atoms with Gasteiger partial charge in [-0.15, -0.1) is 5.10 Å². The van der Waals surface area contributed by atoms with E-state index in [9.17, 15) is 19.2 Å². The number of anilines is 1. The van der Waals surface area contributed by atoms with Crippen molar-refractivity contribution in [3.63, 3.8) is 0 Å². The highest BCUT2D eigenvalue weighted by atomic mass is 16.5. The number of benzene rings is 2. The lowest BCUT2D eigenvalue weighted by Crippen LogP contribution is -2.25. The van der Waals surface area contributed by atoms with Crippen molar-refractivity contribution in [3.05, 3.63) is 74.9 Å². The summed E-state index contributed by atoms with van der Waals surface area (Å²) in [5, 5.41) is 11.3. The average molecular weight is 464 g/mol. The minimum atomic E-state index is -0.635. The summed E-state index contributed by atoms with van der Waals surface area (Å²) in [5.74, 6) is -0.580. The quantitative estimate of drug-likeness (QED) is 0.322. The van der Waals surface area contributed by atoms with Crippen molar-refractivity contribution in [3.8, 4) is 0 Å². The van der Waals surface area contributed by atoms with E-state index in [0.717, 1.165) is 4.68 Å². The monoisotopic (exact) mass is 464 g/mol. The number of nitrogens with zero attached hydrogens (tertiary/aromatic N) is 3. The van der Waals surface area contributed by atoms with E-state index in [4.69, 9.17) is 13.9 Å². The van der Waals surface area contributed by atoms with Gasteiger partial charge in [-0.3, -0.25) is 14.9 Å². The number of carbonyl (C=O) groups excluding carboxylic acids is 2. The summed E-state index contributed by atoms with van der Waals surface area (Å²) in [6, 6.07) is 12.7. The molecule has 1 N–H and O–H groups in total. The summed E-state index contributed by atoms with van der Waals surface area (Å²) in [6.07, 6.45) is -0.746. The van der Waals surface area contributed by atoms with Gasteiger partial charge in [-0.25, -0.2) is 14.3 Å². The molecular formula is C23H20N4O7. The Morgan fingerprint density at radius 1 is 1.06 bits per heavy atom. The maximum Gasteiger partial charge on any atom is 0.411 e. The lowest BCUT2D eigenvalue weighted by atomic mass is 10.1. The van der Waals surface area contributed by atoms with E-state index >= 15 is 0 Å². The number of esters is 1. The van der Waals surface area contributed by atoms with Gasteiger partial charge >= 0.3 is 17.7 Å². The summed E-state index contributed by atoms with van der Waals surface area (Å²) in [6.45, 7) is 1.71. The fourth-order valence-corrected chi connectivity index (χ4v) is 3.31. The molecule has 0 aliphatic carbocycles. The third-order valence-electron chi connectivity index (χ3n) is 4.90. The van der Waals surface area contributed by atoms with Gasteiger partial charge < -0.3 is 13.9 Å². The van der Waals surface area contributed by atoms with Crippen LogP contribution in [0.25, 0.3) is 21.9 Å². The van der Waals surface area contributed by atoms with Crippen molar-refractivity contribution in [1.29, 1.82) is 0 Å². The standard InChI is InChI=1S/C23H20N4O7/c1-2-32-23(31)24-15-7-8-16-14(11-21(29)34-19(16)12-15)13-33-20(28)9-10-27-22(30)17-5-3-4-6-18(17)25-26-27/h3-8,11-12H,2,9-10,13H2,1H3,(H,24,31). The van der Waals surface area contributed by atoms with Crippen molar-refractivity contribution in [2.75, 3.05) is 11.9 Å². The third-order valence-corrected chi connectivity index (χ3v) is 4.90. The van der Waals surface area contributed by atoms with E-state index in [1.54, 1.807) is 43.3 Å². The Bertz CT molecular complexity index is 1490. The van der Waals surface area contributed by atoms with E-state index in [0.29, 0.717) is 27.5 Å². The Labute approximate surface area is 191 Å². The predicted molar refractivity (Wildman–Crippen MR) is 121 cm³/mol. The summed E-state index contributed by atoms with van der Waals surface area (Å²) in [5.41, 5.74) is 0.518. The van der Waals surface area contributed by atoms with Crippen molar-refractivity contribution in [2.45, 2.75) is 26.5 Å². The van der Waals surface area contributed by atoms with E-state index in [1.807, 2.05) is 0 Å². The maximum absolute atomic E-state index is 12.5. The van der Waals surface area contributed by atoms with Gasteiger partial charge in [0.15, 0.2) is 0 Å². The van der Waals surface area contributed by atoms with E-state index in [2.05, 4.69) is 15.6 Å². The van der Waals surface area contributed by atoms with Crippen molar-refractivity contribution >= 4 is 39.6 Å². The molecule has 174 valence electrons. The zero-order valence-corrected chi connectivity index (χ0v) is 18.1. The lowest BCUT2D eigenvalue weighted by molar-refractivity contribution is -0.145. The van der Waals surface area contributed by atoms with E-state index in [1.165, 1.54) is 12.1 Å². The van der Waals surface area contributed by atoms with Crippen molar-refractivity contribution in [1.82, 2.24) is 15.0 Å². The second-order valence-corrected chi connectivity index (χ2v) is 7.19. The first-order valence-corrected chi connectivity index (χ1v) is 10.4. The number of nitrogens with one attached hydrogen (secondary N) is 1. The summed E-state index contributed by atoms with van der Waals surface area (Å²) < 4.78 is 16.4. The number of amides is 1. The van der Waals surface area contributed by atoms with Gasteiger partial charge in [-0.05, 0) is 31.2 Å².